The molecule has 12 heavy (non-hydrogen) atoms. The van der Waals surface area contributed by atoms with Crippen LogP contribution in [0.25, 0.3) is 0 Å². The molecule has 0 unspecified atom stereocenters. The molecular formula is C8H14O4. The van der Waals surface area contributed by atoms with Gasteiger partial charge in [0, 0.05) is 6.42 Å². The predicted molar refractivity (Wildman–Crippen MR) is 42.3 cm³/mol. The van der Waals surface area contributed by atoms with E-state index in [1.807, 2.05) is 6.92 Å². The van der Waals surface area contributed by atoms with E-state index in [1.54, 1.807) is 6.92 Å². The summed E-state index contributed by atoms with van der Waals surface area (Å²) in [6.45, 7) is 3.88. The van der Waals surface area contributed by atoms with E-state index in [2.05, 4.69) is 9.78 Å². The molecule has 4 nitrogen and oxygen atoms in total. The van der Waals surface area contributed by atoms with Crippen LogP contribution in [0.2, 0.25) is 0 Å². The lowest BCUT2D eigenvalue weighted by Gasteiger charge is -1.99. The largest absolute Gasteiger partial charge is 0.349 e. The number of carbonyl (C=O) groups excluding carboxylic acids is 2. The van der Waals surface area contributed by atoms with Crippen molar-refractivity contribution in [3.8, 4) is 0 Å². The van der Waals surface area contributed by atoms with Gasteiger partial charge in [0.15, 0.2) is 0 Å². The lowest BCUT2D eigenvalue weighted by molar-refractivity contribution is -0.269. The summed E-state index contributed by atoms with van der Waals surface area (Å²) in [6.07, 6.45) is 0.982. The van der Waals surface area contributed by atoms with E-state index in [9.17, 15) is 9.59 Å². The van der Waals surface area contributed by atoms with Crippen molar-refractivity contribution in [1.29, 1.82) is 0 Å². The Morgan fingerprint density at radius 3 is 2.42 bits per heavy atom. The summed E-state index contributed by atoms with van der Waals surface area (Å²) in [5.74, 6) is -0.725. The Hall–Kier alpha value is -0.900. The van der Waals surface area contributed by atoms with E-state index >= 15 is 0 Å². The van der Waals surface area contributed by atoms with Crippen molar-refractivity contribution in [3.63, 3.8) is 0 Å². The van der Waals surface area contributed by atoms with Gasteiger partial charge in [-0.25, -0.2) is 4.79 Å². The topological polar surface area (TPSA) is 52.6 Å². The molecule has 0 aromatic rings. The highest BCUT2D eigenvalue weighted by Crippen LogP contribution is 1.96. The van der Waals surface area contributed by atoms with Gasteiger partial charge in [0.1, 0.15) is 12.2 Å². The van der Waals surface area contributed by atoms with E-state index in [-0.39, 0.29) is 12.2 Å². The van der Waals surface area contributed by atoms with Crippen LogP contribution in [0.3, 0.4) is 0 Å². The van der Waals surface area contributed by atoms with E-state index in [4.69, 9.17) is 0 Å². The molecule has 0 N–H and O–H groups in total. The molecule has 0 saturated carbocycles. The smallest absolute Gasteiger partial charge is 0.299 e. The molecule has 0 rings (SSSR count). The second kappa shape index (κ2) is 6.79. The van der Waals surface area contributed by atoms with Crippen LogP contribution in [0.1, 0.15) is 33.1 Å². The average Bonchev–Trinajstić information content (AvgIpc) is 2.01. The predicted octanol–water partition coefficient (Wildman–Crippen LogP) is 1.24. The van der Waals surface area contributed by atoms with Crippen molar-refractivity contribution in [1.82, 2.24) is 0 Å². The molecule has 0 heterocycles. The molecule has 0 fully saturated rings. The monoisotopic (exact) mass is 174 g/mol. The molecule has 0 saturated heterocycles. The van der Waals surface area contributed by atoms with Gasteiger partial charge in [-0.15, -0.1) is 0 Å². The van der Waals surface area contributed by atoms with Gasteiger partial charge >= 0.3 is 5.97 Å². The summed E-state index contributed by atoms with van der Waals surface area (Å²) in [5.41, 5.74) is 0. The zero-order valence-electron chi connectivity index (χ0n) is 7.46. The van der Waals surface area contributed by atoms with Crippen LogP contribution in [-0.4, -0.2) is 18.4 Å². The maximum Gasteiger partial charge on any atom is 0.349 e. The first-order chi connectivity index (χ1) is 5.70. The number of hydrogen-bond donors (Lipinski definition) is 0. The quantitative estimate of drug-likeness (QED) is 0.345. The Bertz CT molecular complexity index is 153. The summed E-state index contributed by atoms with van der Waals surface area (Å²) < 4.78 is 0. The fourth-order valence-corrected chi connectivity index (χ4v) is 0.682. The Kier molecular flexibility index (Phi) is 6.28. The first-order valence-corrected chi connectivity index (χ1v) is 4.04. The van der Waals surface area contributed by atoms with Crippen molar-refractivity contribution < 1.29 is 19.4 Å². The maximum absolute atomic E-state index is 10.9. The minimum Gasteiger partial charge on any atom is -0.299 e. The molecule has 0 aliphatic carbocycles. The van der Waals surface area contributed by atoms with E-state index in [0.29, 0.717) is 13.0 Å². The van der Waals surface area contributed by atoms with E-state index in [1.165, 1.54) is 0 Å². The first kappa shape index (κ1) is 11.1. The van der Waals surface area contributed by atoms with Crippen molar-refractivity contribution in [3.05, 3.63) is 0 Å². The number of ketones is 1. The number of carbonyl (C=O) groups is 2. The molecule has 0 aromatic heterocycles. The van der Waals surface area contributed by atoms with Crippen molar-refractivity contribution in [2.24, 2.45) is 0 Å². The fraction of sp³-hybridized carbons (Fsp3) is 0.750. The summed E-state index contributed by atoms with van der Waals surface area (Å²) in [6, 6.07) is 0. The van der Waals surface area contributed by atoms with Gasteiger partial charge < -0.3 is 0 Å². The number of hydrogen-bond acceptors (Lipinski definition) is 4. The zero-order valence-corrected chi connectivity index (χ0v) is 7.46. The Labute approximate surface area is 71.8 Å². The zero-order chi connectivity index (χ0) is 9.40. The van der Waals surface area contributed by atoms with Crippen molar-refractivity contribution >= 4 is 11.8 Å². The van der Waals surface area contributed by atoms with Crippen molar-refractivity contribution in [2.75, 3.05) is 6.61 Å². The molecule has 0 radical (unpaired) electrons. The minimum absolute atomic E-state index is 0.109. The third-order valence-electron chi connectivity index (χ3n) is 1.14. The van der Waals surface area contributed by atoms with Crippen LogP contribution in [0.15, 0.2) is 0 Å². The van der Waals surface area contributed by atoms with Crippen LogP contribution >= 0.6 is 0 Å². The summed E-state index contributed by atoms with van der Waals surface area (Å²) in [4.78, 5) is 30.2. The summed E-state index contributed by atoms with van der Waals surface area (Å²) >= 11 is 0. The van der Waals surface area contributed by atoms with Gasteiger partial charge in [-0.2, -0.15) is 4.89 Å². The van der Waals surface area contributed by atoms with Crippen molar-refractivity contribution in [2.45, 2.75) is 33.1 Å². The summed E-state index contributed by atoms with van der Waals surface area (Å²) in [7, 11) is 0. The third-order valence-corrected chi connectivity index (χ3v) is 1.14. The van der Waals surface area contributed by atoms with Crippen LogP contribution in [0.5, 0.6) is 0 Å². The summed E-state index contributed by atoms with van der Waals surface area (Å²) in [5, 5.41) is 0. The molecule has 0 aliphatic rings. The lowest BCUT2D eigenvalue weighted by atomic mass is 10.2. The second-order valence-corrected chi connectivity index (χ2v) is 2.33. The standard InChI is InChI=1S/C8H14O4/c1-3-5-7(9)6-8(10)12-11-4-2/h3-6H2,1-2H3. The van der Waals surface area contributed by atoms with Gasteiger partial charge in [-0.3, -0.25) is 9.68 Å². The molecule has 0 bridgehead atoms. The lowest BCUT2D eigenvalue weighted by Crippen LogP contribution is -2.11. The Morgan fingerprint density at radius 1 is 1.25 bits per heavy atom. The molecule has 0 aromatic carbocycles. The maximum atomic E-state index is 10.9. The molecule has 4 heteroatoms. The molecular weight excluding hydrogens is 160 g/mol. The minimum atomic E-state index is -0.615. The van der Waals surface area contributed by atoms with Gasteiger partial charge in [0.25, 0.3) is 0 Å². The normalized spacial score (nSPS) is 9.50. The van der Waals surface area contributed by atoms with Gasteiger partial charge in [0.05, 0.1) is 6.61 Å². The van der Waals surface area contributed by atoms with Gasteiger partial charge in [0.2, 0.25) is 0 Å². The highest BCUT2D eigenvalue weighted by molar-refractivity contribution is 5.95. The molecule has 0 aliphatic heterocycles. The first-order valence-electron chi connectivity index (χ1n) is 4.04. The van der Waals surface area contributed by atoms with Gasteiger partial charge in [-0.05, 0) is 13.3 Å². The third kappa shape index (κ3) is 5.85. The highest BCUT2D eigenvalue weighted by Gasteiger charge is 2.09. The SMILES string of the molecule is CCCC(=O)CC(=O)OOCC. The van der Waals surface area contributed by atoms with E-state index in [0.717, 1.165) is 6.42 Å². The molecule has 0 spiro atoms. The second-order valence-electron chi connectivity index (χ2n) is 2.33. The fourth-order valence-electron chi connectivity index (χ4n) is 0.682. The molecule has 0 atom stereocenters. The Morgan fingerprint density at radius 2 is 1.92 bits per heavy atom. The van der Waals surface area contributed by atoms with Crippen LogP contribution in [-0.2, 0) is 19.4 Å². The molecule has 70 valence electrons. The Balaban J connectivity index is 3.47. The van der Waals surface area contributed by atoms with Crippen LogP contribution in [0.4, 0.5) is 0 Å². The highest BCUT2D eigenvalue weighted by atomic mass is 17.2. The molecule has 0 amide bonds. The van der Waals surface area contributed by atoms with Crippen LogP contribution < -0.4 is 0 Å². The number of Topliss-reactive ketones (excluding diaryl/α,β-unsaturated/α-hetero) is 1. The van der Waals surface area contributed by atoms with E-state index < -0.39 is 5.97 Å². The average molecular weight is 174 g/mol. The van der Waals surface area contributed by atoms with Crippen LogP contribution in [0, 0.1) is 0 Å². The van der Waals surface area contributed by atoms with Gasteiger partial charge in [-0.1, -0.05) is 6.92 Å². The number of rotatable bonds is 6.